The van der Waals surface area contributed by atoms with Gasteiger partial charge in [-0.05, 0) is 12.8 Å². The second-order valence-electron chi connectivity index (χ2n) is 6.52. The van der Waals surface area contributed by atoms with Crippen LogP contribution >= 0.6 is 95.6 Å². The minimum atomic E-state index is -1.69. The molecule has 4 N–H and O–H groups in total. The molecular formula is C17H20Cl3MnN5O2S9Zn. The van der Waals surface area contributed by atoms with Crippen LogP contribution in [0.4, 0.5) is 0 Å². The van der Waals surface area contributed by atoms with Crippen LogP contribution in [0.5, 0.6) is 0 Å². The number of allylic oxidation sites excluding steroid dienone is 2. The number of carbonyl (C=O) groups excluding carboxylic acids is 2. The maximum atomic E-state index is 11.9. The first-order valence-corrected chi connectivity index (χ1v) is 14.9. The van der Waals surface area contributed by atoms with Crippen molar-refractivity contribution in [1.29, 1.82) is 0 Å². The van der Waals surface area contributed by atoms with Crippen molar-refractivity contribution in [2.75, 3.05) is 26.2 Å². The van der Waals surface area contributed by atoms with Gasteiger partial charge in [0, 0.05) is 38.1 Å². The van der Waals surface area contributed by atoms with Crippen molar-refractivity contribution in [3.05, 3.63) is 12.2 Å². The molecule has 2 atom stereocenters. The Morgan fingerprint density at radius 1 is 0.789 bits per heavy atom. The van der Waals surface area contributed by atoms with Gasteiger partial charge >= 0.3 is 36.5 Å². The van der Waals surface area contributed by atoms with Crippen LogP contribution in [0.1, 0.15) is 12.8 Å². The third-order valence-corrected chi connectivity index (χ3v) is 6.51. The fourth-order valence-electron chi connectivity index (χ4n) is 2.62. The van der Waals surface area contributed by atoms with Gasteiger partial charge in [-0.3, -0.25) is 9.59 Å². The van der Waals surface area contributed by atoms with Crippen molar-refractivity contribution in [3.8, 4) is 0 Å². The number of rotatable bonds is 7. The minimum absolute atomic E-state index is 0. The fraction of sp³-hybridized carbons (Fsp3) is 0.529. The van der Waals surface area contributed by atoms with E-state index >= 15 is 0 Å². The molecule has 38 heavy (non-hydrogen) atoms. The van der Waals surface area contributed by atoms with Crippen molar-refractivity contribution in [3.63, 3.8) is 0 Å². The van der Waals surface area contributed by atoms with E-state index in [1.807, 2.05) is 12.2 Å². The quantitative estimate of drug-likeness (QED) is 0.0443. The van der Waals surface area contributed by atoms with Gasteiger partial charge in [0.1, 0.15) is 0 Å². The van der Waals surface area contributed by atoms with Crippen LogP contribution in [0, 0.1) is 11.8 Å². The Morgan fingerprint density at radius 3 is 1.26 bits per heavy atom. The van der Waals surface area contributed by atoms with Gasteiger partial charge in [0.05, 0.1) is 11.8 Å². The topological polar surface area (TPSA) is 85.5 Å². The van der Waals surface area contributed by atoms with Crippen LogP contribution in [-0.2, 0) is 96.7 Å². The molecule has 1 aliphatic carbocycles. The standard InChI is InChI=1S/C9H8Cl3NO2S.2C4H8N2S4.Mn.Zn/c10-9(11,12)16-13-7(14)5-3-1-2-4-6(5)8(13)15;2*7-3(8)5-1-2-6-4(9)10;;/h1-2,5-6H,3-4H2;2*1-2H2,(H2,5,7,8)(H2,6,9,10);;/q;;;2*+2/p-4. The molecule has 1 fully saturated rings. The minimum Gasteiger partial charge on any atom is -0.412 e. The van der Waals surface area contributed by atoms with Crippen molar-refractivity contribution in [1.82, 2.24) is 25.6 Å². The van der Waals surface area contributed by atoms with E-state index in [2.05, 4.69) is 121 Å². The van der Waals surface area contributed by atoms with Gasteiger partial charge < -0.3 is 121 Å². The predicted molar refractivity (Wildman–Crippen MR) is 177 cm³/mol. The Hall–Kier alpha value is 1.68. The molecule has 1 heterocycles. The van der Waals surface area contributed by atoms with Gasteiger partial charge in [0.25, 0.3) is 3.12 Å². The number of thiocarbonyl (C=S) groups is 4. The molecule has 0 aromatic rings. The Labute approximate surface area is 309 Å². The SMILES string of the molecule is O=C1C2CC=CCC2C(=O)N1SC(Cl)(Cl)Cl.S=C([S-])NCCNC(=S)[S-].S=C([S-])NCCNC(=S)[S-].[Mn+2].[Zn+2]. The first-order chi connectivity index (χ1) is 16.7. The number of nitrogens with one attached hydrogen (secondary N) is 4. The third-order valence-electron chi connectivity index (χ3n) is 3.99. The maximum absolute atomic E-state index is 11.9. The van der Waals surface area contributed by atoms with Crippen LogP contribution in [0.3, 0.4) is 0 Å². The van der Waals surface area contributed by atoms with Crippen LogP contribution in [0.15, 0.2) is 12.2 Å². The van der Waals surface area contributed by atoms with Crippen LogP contribution in [0.25, 0.3) is 0 Å². The maximum Gasteiger partial charge on any atom is 2.00 e. The van der Waals surface area contributed by atoms with E-state index in [1.54, 1.807) is 0 Å². The number of hydrogen-bond acceptors (Lipinski definition) is 11. The summed E-state index contributed by atoms with van der Waals surface area (Å²) in [5, 5.41) is 11.1. The second-order valence-corrected chi connectivity index (χ2v) is 14.9. The van der Waals surface area contributed by atoms with Crippen molar-refractivity contribution >= 4 is 175 Å². The van der Waals surface area contributed by atoms with E-state index in [0.717, 1.165) is 4.31 Å². The summed E-state index contributed by atoms with van der Waals surface area (Å²) in [6, 6.07) is 0. The van der Waals surface area contributed by atoms with E-state index in [9.17, 15) is 9.59 Å². The summed E-state index contributed by atoms with van der Waals surface area (Å²) in [4.78, 5) is 23.8. The number of imide groups is 1. The van der Waals surface area contributed by atoms with Gasteiger partial charge in [-0.2, -0.15) is 0 Å². The molecule has 0 saturated carbocycles. The normalized spacial score (nSPS) is 17.0. The number of amides is 2. The summed E-state index contributed by atoms with van der Waals surface area (Å²) < 4.78 is 0.796. The van der Waals surface area contributed by atoms with Gasteiger partial charge in [-0.25, -0.2) is 4.31 Å². The Balaban J connectivity index is -0.000000495. The monoisotopic (exact) mass is 838 g/mol. The van der Waals surface area contributed by atoms with Crippen molar-refractivity contribution in [2.24, 2.45) is 11.8 Å². The van der Waals surface area contributed by atoms with Gasteiger partial charge in [0.2, 0.25) is 11.8 Å². The van der Waals surface area contributed by atoms with Crippen molar-refractivity contribution < 1.29 is 46.1 Å². The second kappa shape index (κ2) is 24.2. The molecule has 1 aliphatic heterocycles. The zero-order chi connectivity index (χ0) is 27.9. The first kappa shape index (κ1) is 44.1. The van der Waals surface area contributed by atoms with E-state index < -0.39 is 3.12 Å². The first-order valence-electron chi connectivity index (χ1n) is 9.73. The van der Waals surface area contributed by atoms with Crippen molar-refractivity contribution in [2.45, 2.75) is 16.0 Å². The predicted octanol–water partition coefficient (Wildman–Crippen LogP) is 2.57. The number of nitrogens with zero attached hydrogens (tertiary/aromatic N) is 1. The zero-order valence-corrected chi connectivity index (χ0v) is 33.0. The molecule has 2 amide bonds. The number of halogens is 3. The summed E-state index contributed by atoms with van der Waals surface area (Å²) in [5.74, 6) is -1.07. The van der Waals surface area contributed by atoms with E-state index in [1.165, 1.54) is 0 Å². The average molecular weight is 842 g/mol. The number of hydrogen-bond donors (Lipinski definition) is 4. The molecule has 0 spiro atoms. The summed E-state index contributed by atoms with van der Waals surface area (Å²) >= 11 is 54.1. The number of alkyl halides is 3. The van der Waals surface area contributed by atoms with Gasteiger partial charge in [-0.15, -0.1) is 0 Å². The summed E-state index contributed by atoms with van der Waals surface area (Å²) in [6.45, 7) is 2.66. The molecule has 2 unspecified atom stereocenters. The molecule has 0 aromatic heterocycles. The molecule has 7 nitrogen and oxygen atoms in total. The van der Waals surface area contributed by atoms with E-state index in [-0.39, 0.29) is 60.2 Å². The molecule has 1 radical (unpaired) electrons. The Kier molecular flexibility index (Phi) is 28.1. The number of fused-ring (bicyclic) bond motifs is 1. The molecule has 209 valence electrons. The van der Waals surface area contributed by atoms with Crippen LogP contribution < -0.4 is 21.3 Å². The summed E-state index contributed by atoms with van der Waals surface area (Å²) in [5.41, 5.74) is 0. The average Bonchev–Trinajstić information content (AvgIpc) is 2.99. The molecule has 0 aromatic carbocycles. The van der Waals surface area contributed by atoms with E-state index in [0.29, 0.717) is 68.3 Å². The molecule has 1 saturated heterocycles. The van der Waals surface area contributed by atoms with Crippen LogP contribution in [-0.4, -0.2) is 62.7 Å². The molecule has 2 rings (SSSR count). The summed E-state index contributed by atoms with van der Waals surface area (Å²) in [7, 11) is 0. The molecular weight excluding hydrogens is 822 g/mol. The third kappa shape index (κ3) is 22.3. The molecule has 2 aliphatic rings. The number of carbonyl (C=O) groups is 2. The smallest absolute Gasteiger partial charge is 0.412 e. The van der Waals surface area contributed by atoms with Gasteiger partial charge in [0.15, 0.2) is 0 Å². The Morgan fingerprint density at radius 2 is 1.05 bits per heavy atom. The summed E-state index contributed by atoms with van der Waals surface area (Å²) in [6.07, 6.45) is 5.00. The zero-order valence-electron chi connectivity index (χ0n) is 19.2. The Bertz CT molecular complexity index is 768. The van der Waals surface area contributed by atoms with Crippen LogP contribution in [0.2, 0.25) is 0 Å². The van der Waals surface area contributed by atoms with Gasteiger partial charge in [-0.1, -0.05) is 64.2 Å². The van der Waals surface area contributed by atoms with E-state index in [4.69, 9.17) is 34.8 Å². The largest absolute Gasteiger partial charge is 2.00 e. The fourth-order valence-corrected chi connectivity index (χ4v) is 4.72. The molecule has 0 bridgehead atoms. The molecule has 21 heteroatoms.